The van der Waals surface area contributed by atoms with Gasteiger partial charge in [-0.2, -0.15) is 0 Å². The lowest BCUT2D eigenvalue weighted by atomic mass is 10.1. The van der Waals surface area contributed by atoms with Gasteiger partial charge in [-0.1, -0.05) is 49.4 Å². The molecule has 2 aromatic carbocycles. The summed E-state index contributed by atoms with van der Waals surface area (Å²) in [5, 5.41) is 10.4. The average molecular weight is 373 g/mol. The molecule has 5 heteroatoms. The first-order valence-electron chi connectivity index (χ1n) is 9.39. The van der Waals surface area contributed by atoms with Crippen LogP contribution >= 0.6 is 0 Å². The smallest absolute Gasteiger partial charge is 0.165 e. The van der Waals surface area contributed by atoms with Gasteiger partial charge in [0.15, 0.2) is 11.5 Å². The molecule has 0 aliphatic carbocycles. The van der Waals surface area contributed by atoms with E-state index in [0.717, 1.165) is 35.6 Å². The van der Waals surface area contributed by atoms with Crippen LogP contribution in [0, 0.1) is 0 Å². The van der Waals surface area contributed by atoms with Crippen molar-refractivity contribution in [2.75, 3.05) is 33.9 Å². The van der Waals surface area contributed by atoms with Gasteiger partial charge < -0.3 is 19.3 Å². The van der Waals surface area contributed by atoms with E-state index >= 15 is 0 Å². The zero-order valence-electron chi connectivity index (χ0n) is 16.6. The predicted octanol–water partition coefficient (Wildman–Crippen LogP) is 3.49. The van der Waals surface area contributed by atoms with Gasteiger partial charge in [-0.05, 0) is 24.6 Å². The Labute approximate surface area is 162 Å². The van der Waals surface area contributed by atoms with Crippen LogP contribution in [0.1, 0.15) is 24.5 Å². The summed E-state index contributed by atoms with van der Waals surface area (Å²) >= 11 is 0. The maximum atomic E-state index is 10.4. The summed E-state index contributed by atoms with van der Waals surface area (Å²) in [5.74, 6) is 1.47. The number of benzene rings is 2. The number of nitrogens with zero attached hydrogens (tertiary/aromatic N) is 1. The van der Waals surface area contributed by atoms with Crippen molar-refractivity contribution in [2.45, 2.75) is 32.6 Å². The summed E-state index contributed by atoms with van der Waals surface area (Å²) in [5.41, 5.74) is 2.15. The second-order valence-corrected chi connectivity index (χ2v) is 6.54. The largest absolute Gasteiger partial charge is 0.493 e. The molecule has 0 aromatic heterocycles. The summed E-state index contributed by atoms with van der Waals surface area (Å²) in [7, 11) is 3.29. The Balaban J connectivity index is 1.91. The summed E-state index contributed by atoms with van der Waals surface area (Å²) in [6, 6.07) is 15.9. The number of hydrogen-bond acceptors (Lipinski definition) is 5. The second-order valence-electron chi connectivity index (χ2n) is 6.54. The van der Waals surface area contributed by atoms with E-state index in [1.54, 1.807) is 14.2 Å². The normalized spacial score (nSPS) is 12.2. The fourth-order valence-electron chi connectivity index (χ4n) is 3.11. The Morgan fingerprint density at radius 2 is 1.78 bits per heavy atom. The van der Waals surface area contributed by atoms with Gasteiger partial charge in [-0.15, -0.1) is 0 Å². The SMILES string of the molecule is CCCN(Cc1cccc(OC)c1OC)C[C@H](O)COCc1ccccc1. The highest BCUT2D eigenvalue weighted by atomic mass is 16.5. The fourth-order valence-corrected chi connectivity index (χ4v) is 3.11. The van der Waals surface area contributed by atoms with Crippen LogP contribution in [-0.2, 0) is 17.9 Å². The Morgan fingerprint density at radius 1 is 1.00 bits per heavy atom. The van der Waals surface area contributed by atoms with Crippen LogP contribution in [0.5, 0.6) is 11.5 Å². The first-order chi connectivity index (χ1) is 13.2. The number of aliphatic hydroxyl groups excluding tert-OH is 1. The van der Waals surface area contributed by atoms with Crippen molar-refractivity contribution in [1.82, 2.24) is 4.90 Å². The molecule has 0 unspecified atom stereocenters. The molecule has 0 saturated heterocycles. The number of aliphatic hydroxyl groups is 1. The number of hydrogen-bond donors (Lipinski definition) is 1. The number of rotatable bonds is 12. The minimum Gasteiger partial charge on any atom is -0.493 e. The van der Waals surface area contributed by atoms with Crippen molar-refractivity contribution in [2.24, 2.45) is 0 Å². The van der Waals surface area contributed by atoms with Gasteiger partial charge >= 0.3 is 0 Å². The van der Waals surface area contributed by atoms with E-state index in [4.69, 9.17) is 14.2 Å². The van der Waals surface area contributed by atoms with Crippen LogP contribution in [0.25, 0.3) is 0 Å². The summed E-state index contributed by atoms with van der Waals surface area (Å²) in [4.78, 5) is 2.22. The number of para-hydroxylation sites is 1. The van der Waals surface area contributed by atoms with E-state index < -0.39 is 6.10 Å². The fraction of sp³-hybridized carbons (Fsp3) is 0.455. The topological polar surface area (TPSA) is 51.2 Å². The van der Waals surface area contributed by atoms with Gasteiger partial charge in [0.2, 0.25) is 0 Å². The van der Waals surface area contributed by atoms with Crippen molar-refractivity contribution in [1.29, 1.82) is 0 Å². The summed E-state index contributed by atoms with van der Waals surface area (Å²) in [6.45, 7) is 5.07. The van der Waals surface area contributed by atoms with Gasteiger partial charge in [-0.25, -0.2) is 0 Å². The van der Waals surface area contributed by atoms with Crippen molar-refractivity contribution in [3.05, 3.63) is 59.7 Å². The standard InChI is InChI=1S/C22H31NO4/c1-4-13-23(14-19-11-8-12-21(25-2)22(19)26-3)15-20(24)17-27-16-18-9-6-5-7-10-18/h5-12,20,24H,4,13-17H2,1-3H3/t20-/m0/s1. The van der Waals surface area contributed by atoms with Crippen LogP contribution in [0.4, 0.5) is 0 Å². The van der Waals surface area contributed by atoms with Crippen LogP contribution in [-0.4, -0.2) is 50.0 Å². The summed E-state index contributed by atoms with van der Waals surface area (Å²) < 4.78 is 16.6. The number of ether oxygens (including phenoxy) is 3. The molecular weight excluding hydrogens is 342 g/mol. The van der Waals surface area contributed by atoms with Gasteiger partial charge in [-0.3, -0.25) is 4.90 Å². The van der Waals surface area contributed by atoms with Gasteiger partial charge in [0.1, 0.15) is 0 Å². The third kappa shape index (κ3) is 6.86. The molecule has 148 valence electrons. The molecule has 5 nitrogen and oxygen atoms in total. The lowest BCUT2D eigenvalue weighted by Gasteiger charge is -2.25. The van der Waals surface area contributed by atoms with E-state index in [-0.39, 0.29) is 0 Å². The second kappa shape index (κ2) is 11.6. The third-order valence-corrected chi connectivity index (χ3v) is 4.31. The minimum absolute atomic E-state index is 0.310. The van der Waals surface area contributed by atoms with Crippen molar-refractivity contribution < 1.29 is 19.3 Å². The Hall–Kier alpha value is -2.08. The van der Waals surface area contributed by atoms with E-state index in [2.05, 4.69) is 11.8 Å². The molecular formula is C22H31NO4. The van der Waals surface area contributed by atoms with Crippen LogP contribution in [0.15, 0.2) is 48.5 Å². The van der Waals surface area contributed by atoms with Gasteiger partial charge in [0.25, 0.3) is 0 Å². The highest BCUT2D eigenvalue weighted by Crippen LogP contribution is 2.31. The maximum Gasteiger partial charge on any atom is 0.165 e. The average Bonchev–Trinajstić information content (AvgIpc) is 2.68. The molecule has 0 saturated carbocycles. The first kappa shape index (κ1) is 21.2. The summed E-state index contributed by atoms with van der Waals surface area (Å²) in [6.07, 6.45) is 0.459. The van der Waals surface area contributed by atoms with Gasteiger partial charge in [0.05, 0.1) is 33.5 Å². The molecule has 0 aliphatic heterocycles. The molecule has 0 aliphatic rings. The molecule has 0 fully saturated rings. The molecule has 0 heterocycles. The molecule has 0 spiro atoms. The molecule has 0 amide bonds. The van der Waals surface area contributed by atoms with E-state index in [0.29, 0.717) is 26.3 Å². The maximum absolute atomic E-state index is 10.4. The monoisotopic (exact) mass is 373 g/mol. The lowest BCUT2D eigenvalue weighted by Crippen LogP contribution is -2.35. The quantitative estimate of drug-likeness (QED) is 0.617. The van der Waals surface area contributed by atoms with Crippen molar-refractivity contribution in [3.63, 3.8) is 0 Å². The molecule has 2 aromatic rings. The molecule has 0 radical (unpaired) electrons. The highest BCUT2D eigenvalue weighted by molar-refractivity contribution is 5.46. The number of methoxy groups -OCH3 is 2. The molecule has 2 rings (SSSR count). The Bertz CT molecular complexity index is 663. The minimum atomic E-state index is -0.545. The van der Waals surface area contributed by atoms with E-state index in [1.165, 1.54) is 0 Å². The van der Waals surface area contributed by atoms with E-state index in [9.17, 15) is 5.11 Å². The van der Waals surface area contributed by atoms with Gasteiger partial charge in [0, 0.05) is 18.7 Å². The highest BCUT2D eigenvalue weighted by Gasteiger charge is 2.16. The molecule has 1 N–H and O–H groups in total. The van der Waals surface area contributed by atoms with Crippen molar-refractivity contribution in [3.8, 4) is 11.5 Å². The van der Waals surface area contributed by atoms with Crippen LogP contribution < -0.4 is 9.47 Å². The van der Waals surface area contributed by atoms with Crippen LogP contribution in [0.3, 0.4) is 0 Å². The Morgan fingerprint density at radius 3 is 2.44 bits per heavy atom. The lowest BCUT2D eigenvalue weighted by molar-refractivity contribution is 0.00846. The Kier molecular flexibility index (Phi) is 9.11. The first-order valence-corrected chi connectivity index (χ1v) is 9.39. The van der Waals surface area contributed by atoms with E-state index in [1.807, 2.05) is 48.5 Å². The predicted molar refractivity (Wildman–Crippen MR) is 107 cm³/mol. The van der Waals surface area contributed by atoms with Crippen molar-refractivity contribution >= 4 is 0 Å². The zero-order chi connectivity index (χ0) is 19.5. The van der Waals surface area contributed by atoms with Crippen LogP contribution in [0.2, 0.25) is 0 Å². The third-order valence-electron chi connectivity index (χ3n) is 4.31. The molecule has 0 bridgehead atoms. The molecule has 27 heavy (non-hydrogen) atoms. The molecule has 1 atom stereocenters. The zero-order valence-corrected chi connectivity index (χ0v) is 16.6.